The summed E-state index contributed by atoms with van der Waals surface area (Å²) in [6.45, 7) is 15.3. The van der Waals surface area contributed by atoms with E-state index in [4.69, 9.17) is 28.4 Å². The maximum Gasteiger partial charge on any atom is 0.161 e. The topological polar surface area (TPSA) is 55.4 Å². The van der Waals surface area contributed by atoms with E-state index in [0.29, 0.717) is 39.6 Å². The lowest BCUT2D eigenvalue weighted by Gasteiger charge is -2.21. The average Bonchev–Trinajstić information content (AvgIpc) is 3.31. The molecule has 0 aliphatic heterocycles. The van der Waals surface area contributed by atoms with Gasteiger partial charge < -0.3 is 28.4 Å². The number of alkyl halides is 1. The van der Waals surface area contributed by atoms with Crippen molar-refractivity contribution in [2.24, 2.45) is 0 Å². The van der Waals surface area contributed by atoms with E-state index < -0.39 is 0 Å². The number of ether oxygens (including phenoxy) is 6. The molecular formula is C57H89BrO6. The fourth-order valence-corrected chi connectivity index (χ4v) is 8.91. The zero-order valence-electron chi connectivity index (χ0n) is 41.3. The molecule has 64 heavy (non-hydrogen) atoms. The predicted octanol–water partition coefficient (Wildman–Crippen LogP) is 18.4. The van der Waals surface area contributed by atoms with Gasteiger partial charge in [-0.2, -0.15) is 0 Å². The van der Waals surface area contributed by atoms with Crippen molar-refractivity contribution in [1.82, 2.24) is 0 Å². The summed E-state index contributed by atoms with van der Waals surface area (Å²) in [5.41, 5.74) is 0. The maximum absolute atomic E-state index is 6.74. The first-order valence-corrected chi connectivity index (χ1v) is 27.6. The third-order valence-corrected chi connectivity index (χ3v) is 13.0. The number of fused-ring (bicyclic) bond motifs is 6. The molecule has 7 heteroatoms. The fourth-order valence-electron chi connectivity index (χ4n) is 8.51. The van der Waals surface area contributed by atoms with Crippen LogP contribution in [0.15, 0.2) is 36.4 Å². The quantitative estimate of drug-likeness (QED) is 0.0252. The van der Waals surface area contributed by atoms with E-state index in [1.807, 2.05) is 0 Å². The summed E-state index contributed by atoms with van der Waals surface area (Å²) in [7, 11) is 0. The van der Waals surface area contributed by atoms with Crippen LogP contribution in [0.5, 0.6) is 34.5 Å². The summed E-state index contributed by atoms with van der Waals surface area (Å²) in [5.74, 6) is 4.89. The molecule has 4 aromatic carbocycles. The Bertz CT molecular complexity index is 1790. The number of rotatable bonds is 40. The molecule has 0 atom stereocenters. The third kappa shape index (κ3) is 18.7. The van der Waals surface area contributed by atoms with Crippen molar-refractivity contribution in [3.8, 4) is 34.5 Å². The summed E-state index contributed by atoms with van der Waals surface area (Å²) in [5, 5.41) is 7.82. The van der Waals surface area contributed by atoms with E-state index >= 15 is 0 Å². The summed E-state index contributed by atoms with van der Waals surface area (Å²) in [6, 6.07) is 13.5. The Labute approximate surface area is 398 Å². The van der Waals surface area contributed by atoms with E-state index in [9.17, 15) is 0 Å². The van der Waals surface area contributed by atoms with Crippen LogP contribution in [-0.4, -0.2) is 45.0 Å². The molecule has 0 saturated heterocycles. The van der Waals surface area contributed by atoms with Gasteiger partial charge in [0.15, 0.2) is 34.5 Å². The van der Waals surface area contributed by atoms with Gasteiger partial charge in [0.05, 0.1) is 39.6 Å². The fraction of sp³-hybridized carbons (Fsp3) is 0.684. The first kappa shape index (κ1) is 53.6. The van der Waals surface area contributed by atoms with Gasteiger partial charge in [0, 0.05) is 5.33 Å². The number of hydrogen-bond acceptors (Lipinski definition) is 6. The summed E-state index contributed by atoms with van der Waals surface area (Å²) in [4.78, 5) is 0. The molecule has 0 aliphatic carbocycles. The second kappa shape index (κ2) is 33.4. The summed E-state index contributed by atoms with van der Waals surface area (Å²) >= 11 is 3.57. The van der Waals surface area contributed by atoms with Crippen LogP contribution in [0.3, 0.4) is 0 Å². The molecule has 0 fully saturated rings. The number of benzene rings is 4. The van der Waals surface area contributed by atoms with Crippen molar-refractivity contribution >= 4 is 48.2 Å². The van der Waals surface area contributed by atoms with Gasteiger partial charge in [-0.1, -0.05) is 179 Å². The monoisotopic (exact) mass is 949 g/mol. The van der Waals surface area contributed by atoms with Gasteiger partial charge in [0.2, 0.25) is 0 Å². The standard InChI is InChI=1S/C57H89BrO6/c1-6-11-16-27-34-59-52-40-46-47-41-53(60-35-28-17-12-7-2)55(62-37-30-19-14-9-4)43-49(47)51-45-57(64-39-32-25-23-21-22-24-26-33-58)56(63-38-31-20-15-10-5)44-50(51)48(46)42-54(52)61-36-29-18-13-8-3/h40-45H,6-39H2,1-5H3. The Morgan fingerprint density at radius 1 is 0.250 bits per heavy atom. The van der Waals surface area contributed by atoms with Crippen LogP contribution in [0.2, 0.25) is 0 Å². The molecule has 0 aliphatic rings. The maximum atomic E-state index is 6.74. The molecule has 0 amide bonds. The molecule has 6 nitrogen and oxygen atoms in total. The van der Waals surface area contributed by atoms with E-state index in [2.05, 4.69) is 86.9 Å². The highest BCUT2D eigenvalue weighted by Crippen LogP contribution is 2.47. The van der Waals surface area contributed by atoms with Gasteiger partial charge in [-0.15, -0.1) is 0 Å². The van der Waals surface area contributed by atoms with E-state index in [-0.39, 0.29) is 0 Å². The molecule has 0 radical (unpaired) electrons. The minimum absolute atomic E-state index is 0.666. The van der Waals surface area contributed by atoms with Gasteiger partial charge in [-0.25, -0.2) is 0 Å². The molecule has 360 valence electrons. The lowest BCUT2D eigenvalue weighted by Crippen LogP contribution is -2.05. The van der Waals surface area contributed by atoms with Crippen LogP contribution < -0.4 is 28.4 Å². The second-order valence-electron chi connectivity index (χ2n) is 18.1. The molecule has 0 N–H and O–H groups in total. The van der Waals surface area contributed by atoms with Crippen molar-refractivity contribution in [3.05, 3.63) is 36.4 Å². The average molecular weight is 950 g/mol. The van der Waals surface area contributed by atoms with Gasteiger partial charge in [-0.3, -0.25) is 0 Å². The zero-order chi connectivity index (χ0) is 45.5. The Kier molecular flexibility index (Phi) is 28.0. The smallest absolute Gasteiger partial charge is 0.161 e. The summed E-state index contributed by atoms with van der Waals surface area (Å²) in [6.07, 6.45) is 31.6. The van der Waals surface area contributed by atoms with Gasteiger partial charge in [0.25, 0.3) is 0 Å². The Hall–Kier alpha value is -3.06. The number of unbranched alkanes of at least 4 members (excludes halogenated alkanes) is 21. The van der Waals surface area contributed by atoms with Crippen molar-refractivity contribution in [2.75, 3.05) is 45.0 Å². The first-order valence-electron chi connectivity index (χ1n) is 26.5. The van der Waals surface area contributed by atoms with Crippen LogP contribution in [-0.2, 0) is 0 Å². The minimum Gasteiger partial charge on any atom is -0.490 e. The highest BCUT2D eigenvalue weighted by molar-refractivity contribution is 9.09. The Balaban J connectivity index is 1.89. The molecule has 0 spiro atoms. The Morgan fingerprint density at radius 3 is 0.609 bits per heavy atom. The van der Waals surface area contributed by atoms with Crippen LogP contribution in [0.4, 0.5) is 0 Å². The van der Waals surface area contributed by atoms with Gasteiger partial charge >= 0.3 is 0 Å². The minimum atomic E-state index is 0.666. The Morgan fingerprint density at radius 2 is 0.422 bits per heavy atom. The highest BCUT2D eigenvalue weighted by atomic mass is 79.9. The molecule has 0 unspecified atom stereocenters. The van der Waals surface area contributed by atoms with Crippen molar-refractivity contribution < 1.29 is 28.4 Å². The van der Waals surface area contributed by atoms with Crippen molar-refractivity contribution in [3.63, 3.8) is 0 Å². The SMILES string of the molecule is CCCCCCOc1cc2c3cc(OCCCCCC)c(OCCCCCC)cc3c3cc(OCCCCCCCCCBr)c(OCCCCCC)cc3c2cc1OCCCCCC. The zero-order valence-corrected chi connectivity index (χ0v) is 42.9. The molecule has 0 aromatic heterocycles. The van der Waals surface area contributed by atoms with Crippen LogP contribution >= 0.6 is 15.9 Å². The van der Waals surface area contributed by atoms with Crippen molar-refractivity contribution in [1.29, 1.82) is 0 Å². The molecular weight excluding hydrogens is 861 g/mol. The van der Waals surface area contributed by atoms with Crippen LogP contribution in [0, 0.1) is 0 Å². The van der Waals surface area contributed by atoms with Gasteiger partial charge in [0.1, 0.15) is 0 Å². The van der Waals surface area contributed by atoms with Crippen LogP contribution in [0.25, 0.3) is 32.3 Å². The van der Waals surface area contributed by atoms with E-state index in [0.717, 1.165) is 143 Å². The highest BCUT2D eigenvalue weighted by Gasteiger charge is 2.21. The molecule has 4 rings (SSSR count). The number of halogens is 1. The largest absolute Gasteiger partial charge is 0.490 e. The predicted molar refractivity (Wildman–Crippen MR) is 279 cm³/mol. The lowest BCUT2D eigenvalue weighted by molar-refractivity contribution is 0.259. The molecule has 0 heterocycles. The van der Waals surface area contributed by atoms with Crippen LogP contribution in [0.1, 0.15) is 208 Å². The van der Waals surface area contributed by atoms with E-state index in [1.165, 1.54) is 103 Å². The first-order chi connectivity index (χ1) is 31.6. The summed E-state index contributed by atoms with van der Waals surface area (Å²) < 4.78 is 40.1. The molecule has 0 saturated carbocycles. The third-order valence-electron chi connectivity index (χ3n) is 12.4. The molecule has 0 bridgehead atoms. The normalized spacial score (nSPS) is 11.5. The number of hydrogen-bond donors (Lipinski definition) is 0. The van der Waals surface area contributed by atoms with E-state index in [1.54, 1.807) is 0 Å². The lowest BCUT2D eigenvalue weighted by atomic mass is 9.93. The second-order valence-corrected chi connectivity index (χ2v) is 18.9. The van der Waals surface area contributed by atoms with Gasteiger partial charge in [-0.05, 0) is 114 Å². The van der Waals surface area contributed by atoms with Crippen molar-refractivity contribution in [2.45, 2.75) is 208 Å². The molecule has 4 aromatic rings.